The normalized spacial score (nSPS) is 11.8. The smallest absolute Gasteiger partial charge is 0.339 e. The Morgan fingerprint density at radius 2 is 1.69 bits per heavy atom. The predicted octanol–water partition coefficient (Wildman–Crippen LogP) is 3.74. The lowest BCUT2D eigenvalue weighted by molar-refractivity contribution is 0.0596. The summed E-state index contributed by atoms with van der Waals surface area (Å²) in [5.41, 5.74) is 1.59. The fourth-order valence-electron chi connectivity index (χ4n) is 2.73. The van der Waals surface area contributed by atoms with Gasteiger partial charge < -0.3 is 4.74 Å². The molecule has 0 amide bonds. The van der Waals surface area contributed by atoms with Crippen molar-refractivity contribution in [1.82, 2.24) is 0 Å². The highest BCUT2D eigenvalue weighted by Crippen LogP contribution is 2.23. The van der Waals surface area contributed by atoms with Crippen LogP contribution in [0.15, 0.2) is 70.0 Å². The molecule has 0 aromatic heterocycles. The van der Waals surface area contributed by atoms with Crippen molar-refractivity contribution >= 4 is 33.0 Å². The van der Waals surface area contributed by atoms with Crippen molar-refractivity contribution in [2.24, 2.45) is 4.40 Å². The standard InChI is InChI=1S/C20H17NO4S/c1-14-11-12-15-7-3-4-8-16(15)18(14)13-21-26(23,24)19-10-6-5-9-17(19)20(22)25-2/h3-13H,1-2H3/b21-13+. The van der Waals surface area contributed by atoms with Gasteiger partial charge in [0, 0.05) is 11.8 Å². The molecule has 0 N–H and O–H groups in total. The number of fused-ring (bicyclic) bond motifs is 1. The summed E-state index contributed by atoms with van der Waals surface area (Å²) in [6.45, 7) is 1.89. The monoisotopic (exact) mass is 367 g/mol. The number of esters is 1. The average Bonchev–Trinajstić information content (AvgIpc) is 2.66. The molecular formula is C20H17NO4S. The zero-order chi connectivity index (χ0) is 18.7. The van der Waals surface area contributed by atoms with Crippen LogP contribution in [0.1, 0.15) is 21.5 Å². The van der Waals surface area contributed by atoms with Crippen LogP contribution >= 0.6 is 0 Å². The lowest BCUT2D eigenvalue weighted by atomic mass is 10.0. The van der Waals surface area contributed by atoms with E-state index in [0.717, 1.165) is 21.9 Å². The van der Waals surface area contributed by atoms with Crippen molar-refractivity contribution in [3.8, 4) is 0 Å². The SMILES string of the molecule is COC(=O)c1ccccc1S(=O)(=O)/N=C/c1c(C)ccc2ccccc12. The van der Waals surface area contributed by atoms with Gasteiger partial charge in [0.15, 0.2) is 0 Å². The summed E-state index contributed by atoms with van der Waals surface area (Å²) >= 11 is 0. The highest BCUT2D eigenvalue weighted by Gasteiger charge is 2.21. The Kier molecular flexibility index (Phi) is 4.86. The van der Waals surface area contributed by atoms with Gasteiger partial charge in [-0.2, -0.15) is 12.8 Å². The van der Waals surface area contributed by atoms with Crippen molar-refractivity contribution in [3.63, 3.8) is 0 Å². The molecule has 0 aliphatic carbocycles. The van der Waals surface area contributed by atoms with E-state index in [0.29, 0.717) is 0 Å². The number of hydrogen-bond donors (Lipinski definition) is 0. The van der Waals surface area contributed by atoms with Gasteiger partial charge in [-0.3, -0.25) is 0 Å². The number of carbonyl (C=O) groups is 1. The van der Waals surface area contributed by atoms with Gasteiger partial charge in [-0.15, -0.1) is 0 Å². The first-order chi connectivity index (χ1) is 12.4. The van der Waals surface area contributed by atoms with E-state index in [1.165, 1.54) is 31.5 Å². The Balaban J connectivity index is 2.10. The van der Waals surface area contributed by atoms with E-state index in [1.807, 2.05) is 43.3 Å². The number of ether oxygens (including phenoxy) is 1. The summed E-state index contributed by atoms with van der Waals surface area (Å²) < 4.78 is 33.9. The average molecular weight is 367 g/mol. The topological polar surface area (TPSA) is 72.8 Å². The number of carbonyl (C=O) groups excluding carboxylic acids is 1. The summed E-state index contributed by atoms with van der Waals surface area (Å²) in [7, 11) is -2.86. The van der Waals surface area contributed by atoms with Crippen molar-refractivity contribution in [3.05, 3.63) is 77.4 Å². The fraction of sp³-hybridized carbons (Fsp3) is 0.100. The number of nitrogens with zero attached hydrogens (tertiary/aromatic N) is 1. The third-order valence-corrected chi connectivity index (χ3v) is 5.37. The van der Waals surface area contributed by atoms with Crippen LogP contribution in [0, 0.1) is 6.92 Å². The Morgan fingerprint density at radius 3 is 2.46 bits per heavy atom. The number of benzene rings is 3. The van der Waals surface area contributed by atoms with Crippen LogP contribution in [0.25, 0.3) is 10.8 Å². The third-order valence-electron chi connectivity index (χ3n) is 4.08. The lowest BCUT2D eigenvalue weighted by Crippen LogP contribution is -2.09. The Labute approximate surface area is 152 Å². The van der Waals surface area contributed by atoms with Crippen LogP contribution in [-0.4, -0.2) is 27.7 Å². The maximum absolute atomic E-state index is 12.7. The second-order valence-electron chi connectivity index (χ2n) is 5.71. The van der Waals surface area contributed by atoms with Gasteiger partial charge in [-0.25, -0.2) is 4.79 Å². The van der Waals surface area contributed by atoms with E-state index in [9.17, 15) is 13.2 Å². The van der Waals surface area contributed by atoms with Gasteiger partial charge in [0.1, 0.15) is 4.90 Å². The molecule has 26 heavy (non-hydrogen) atoms. The number of methoxy groups -OCH3 is 1. The van der Waals surface area contributed by atoms with Crippen molar-refractivity contribution in [1.29, 1.82) is 0 Å². The fourth-order valence-corrected chi connectivity index (χ4v) is 3.76. The van der Waals surface area contributed by atoms with Crippen LogP contribution in [0.2, 0.25) is 0 Å². The van der Waals surface area contributed by atoms with Crippen molar-refractivity contribution in [2.45, 2.75) is 11.8 Å². The van der Waals surface area contributed by atoms with Gasteiger partial charge in [0.2, 0.25) is 0 Å². The number of aryl methyl sites for hydroxylation is 1. The van der Waals surface area contributed by atoms with Gasteiger partial charge in [0.25, 0.3) is 10.0 Å². The van der Waals surface area contributed by atoms with Crippen molar-refractivity contribution < 1.29 is 17.9 Å². The first kappa shape index (κ1) is 17.8. The maximum atomic E-state index is 12.7. The minimum Gasteiger partial charge on any atom is -0.465 e. The van der Waals surface area contributed by atoms with Crippen LogP contribution in [-0.2, 0) is 14.8 Å². The largest absolute Gasteiger partial charge is 0.465 e. The molecule has 0 aliphatic rings. The lowest BCUT2D eigenvalue weighted by Gasteiger charge is -2.07. The van der Waals surface area contributed by atoms with Gasteiger partial charge in [0.05, 0.1) is 12.7 Å². The molecule has 0 aliphatic heterocycles. The molecule has 5 nitrogen and oxygen atoms in total. The summed E-state index contributed by atoms with van der Waals surface area (Å²) in [6.07, 6.45) is 1.33. The van der Waals surface area contributed by atoms with Crippen LogP contribution < -0.4 is 0 Å². The first-order valence-electron chi connectivity index (χ1n) is 7.90. The molecule has 0 saturated carbocycles. The predicted molar refractivity (Wildman–Crippen MR) is 101 cm³/mol. The molecule has 0 saturated heterocycles. The molecule has 6 heteroatoms. The van der Waals surface area contributed by atoms with E-state index in [4.69, 9.17) is 0 Å². The van der Waals surface area contributed by atoms with Gasteiger partial charge in [-0.05, 0) is 35.4 Å². The highest BCUT2D eigenvalue weighted by atomic mass is 32.2. The van der Waals surface area contributed by atoms with E-state index >= 15 is 0 Å². The molecule has 3 rings (SSSR count). The quantitative estimate of drug-likeness (QED) is 0.520. The van der Waals surface area contributed by atoms with E-state index in [1.54, 1.807) is 6.07 Å². The molecule has 0 fully saturated rings. The van der Waals surface area contributed by atoms with Crippen molar-refractivity contribution in [2.75, 3.05) is 7.11 Å². The molecule has 132 valence electrons. The van der Waals surface area contributed by atoms with E-state index in [-0.39, 0.29) is 10.5 Å². The summed E-state index contributed by atoms with van der Waals surface area (Å²) in [5.74, 6) is -0.722. The molecule has 3 aromatic carbocycles. The third kappa shape index (κ3) is 3.36. The Hall–Kier alpha value is -2.99. The molecule has 0 unspecified atom stereocenters. The number of sulfonamides is 1. The Bertz CT molecular complexity index is 1120. The zero-order valence-corrected chi connectivity index (χ0v) is 15.2. The Morgan fingerprint density at radius 1 is 1.00 bits per heavy atom. The number of hydrogen-bond acceptors (Lipinski definition) is 4. The first-order valence-corrected chi connectivity index (χ1v) is 9.34. The molecule has 3 aromatic rings. The summed E-state index contributed by atoms with van der Waals surface area (Å²) in [4.78, 5) is 11.7. The minimum absolute atomic E-state index is 0.0400. The van der Waals surface area contributed by atoms with E-state index < -0.39 is 16.0 Å². The molecule has 0 bridgehead atoms. The van der Waals surface area contributed by atoms with Crippen LogP contribution in [0.4, 0.5) is 0 Å². The van der Waals surface area contributed by atoms with Crippen LogP contribution in [0.3, 0.4) is 0 Å². The summed E-state index contributed by atoms with van der Waals surface area (Å²) in [5, 5.41) is 1.90. The summed E-state index contributed by atoms with van der Waals surface area (Å²) in [6, 6.07) is 17.4. The van der Waals surface area contributed by atoms with E-state index in [2.05, 4.69) is 9.13 Å². The number of rotatable bonds is 4. The molecule has 0 radical (unpaired) electrons. The maximum Gasteiger partial charge on any atom is 0.339 e. The zero-order valence-electron chi connectivity index (χ0n) is 14.3. The highest BCUT2D eigenvalue weighted by molar-refractivity contribution is 7.90. The minimum atomic E-state index is -4.06. The molecular weight excluding hydrogens is 350 g/mol. The molecule has 0 spiro atoms. The van der Waals surface area contributed by atoms with Gasteiger partial charge in [-0.1, -0.05) is 48.5 Å². The second kappa shape index (κ2) is 7.09. The molecule has 0 atom stereocenters. The molecule has 0 heterocycles. The second-order valence-corrected chi connectivity index (χ2v) is 7.32. The van der Waals surface area contributed by atoms with Crippen LogP contribution in [0.5, 0.6) is 0 Å². The van der Waals surface area contributed by atoms with Gasteiger partial charge >= 0.3 is 5.97 Å².